The Balaban J connectivity index is 1.74. The van der Waals surface area contributed by atoms with Crippen molar-refractivity contribution in [3.63, 3.8) is 0 Å². The number of para-hydroxylation sites is 1. The van der Waals surface area contributed by atoms with E-state index in [1.807, 2.05) is 59.5 Å². The van der Waals surface area contributed by atoms with Crippen LogP contribution in [-0.4, -0.2) is 10.5 Å². The van der Waals surface area contributed by atoms with Crippen molar-refractivity contribution in [1.82, 2.24) is 4.57 Å². The molecule has 1 amide bonds. The molecule has 0 aliphatic heterocycles. The highest BCUT2D eigenvalue weighted by molar-refractivity contribution is 7.07. The number of rotatable bonds is 4. The number of hydrogen-bond donors (Lipinski definition) is 1. The van der Waals surface area contributed by atoms with Crippen molar-refractivity contribution in [2.24, 2.45) is 12.0 Å². The highest BCUT2D eigenvalue weighted by atomic mass is 32.1. The fraction of sp³-hybridized carbons (Fsp3) is 0.273. The molecule has 0 aliphatic rings. The summed E-state index contributed by atoms with van der Waals surface area (Å²) >= 11 is 1.55. The highest BCUT2D eigenvalue weighted by Gasteiger charge is 2.13. The maximum Gasteiger partial charge on any atom is 0.230 e. The Morgan fingerprint density at radius 2 is 1.74 bits per heavy atom. The van der Waals surface area contributed by atoms with E-state index in [1.165, 1.54) is 5.56 Å². The molecule has 0 saturated carbocycles. The minimum Gasteiger partial charge on any atom is -0.326 e. The summed E-state index contributed by atoms with van der Waals surface area (Å²) in [6.07, 6.45) is 0.320. The zero-order valence-electron chi connectivity index (χ0n) is 16.2. The van der Waals surface area contributed by atoms with Gasteiger partial charge < -0.3 is 9.88 Å². The van der Waals surface area contributed by atoms with Crippen LogP contribution in [0.25, 0.3) is 0 Å². The number of carbonyl (C=O) groups excluding carboxylic acids is 1. The molecule has 3 aromatic rings. The molecule has 0 spiro atoms. The summed E-state index contributed by atoms with van der Waals surface area (Å²) < 4.78 is 1.98. The van der Waals surface area contributed by atoms with Crippen LogP contribution in [-0.2, 0) is 23.7 Å². The van der Waals surface area contributed by atoms with Gasteiger partial charge in [0.05, 0.1) is 12.1 Å². The van der Waals surface area contributed by atoms with Crippen molar-refractivity contribution in [2.45, 2.75) is 32.6 Å². The molecule has 0 aliphatic carbocycles. The first-order valence-electron chi connectivity index (χ1n) is 8.96. The molecular formula is C22H25N3OS. The Bertz CT molecular complexity index is 977. The summed E-state index contributed by atoms with van der Waals surface area (Å²) in [6.45, 7) is 6.60. The lowest BCUT2D eigenvalue weighted by atomic mass is 9.87. The number of carbonyl (C=O) groups is 1. The molecule has 27 heavy (non-hydrogen) atoms. The number of amides is 1. The largest absolute Gasteiger partial charge is 0.326 e. The molecule has 3 rings (SSSR count). The predicted molar refractivity (Wildman–Crippen MR) is 112 cm³/mol. The van der Waals surface area contributed by atoms with Gasteiger partial charge in [0.15, 0.2) is 4.80 Å². The third-order valence-corrected chi connectivity index (χ3v) is 5.34. The van der Waals surface area contributed by atoms with Gasteiger partial charge in [-0.2, -0.15) is 0 Å². The van der Waals surface area contributed by atoms with Crippen LogP contribution in [0.2, 0.25) is 0 Å². The van der Waals surface area contributed by atoms with Gasteiger partial charge in [-0.1, -0.05) is 51.1 Å². The number of thiazole rings is 1. The third-order valence-electron chi connectivity index (χ3n) is 4.38. The van der Waals surface area contributed by atoms with Gasteiger partial charge in [0.1, 0.15) is 0 Å². The summed E-state index contributed by atoms with van der Waals surface area (Å²) in [5.74, 6) is -0.0318. The van der Waals surface area contributed by atoms with E-state index in [0.717, 1.165) is 21.9 Å². The summed E-state index contributed by atoms with van der Waals surface area (Å²) in [4.78, 5) is 17.9. The lowest BCUT2D eigenvalue weighted by Gasteiger charge is -2.18. The van der Waals surface area contributed by atoms with Gasteiger partial charge >= 0.3 is 0 Å². The van der Waals surface area contributed by atoms with Gasteiger partial charge in [0, 0.05) is 23.8 Å². The Morgan fingerprint density at radius 3 is 2.37 bits per heavy atom. The van der Waals surface area contributed by atoms with Crippen LogP contribution in [0.15, 0.2) is 65.0 Å². The molecule has 140 valence electrons. The average molecular weight is 380 g/mol. The fourth-order valence-electron chi connectivity index (χ4n) is 2.70. The molecule has 0 bridgehead atoms. The summed E-state index contributed by atoms with van der Waals surface area (Å²) in [5, 5.41) is 4.91. The van der Waals surface area contributed by atoms with Gasteiger partial charge in [0.25, 0.3) is 0 Å². The SMILES string of the molecule is Cn1c(CC(=O)Nc2ccccc2)csc1=Nc1ccc(C(C)(C)C)cc1. The predicted octanol–water partition coefficient (Wildman–Crippen LogP) is 4.80. The summed E-state index contributed by atoms with van der Waals surface area (Å²) in [5.41, 5.74) is 4.09. The van der Waals surface area contributed by atoms with Crippen molar-refractivity contribution in [2.75, 3.05) is 5.32 Å². The van der Waals surface area contributed by atoms with Gasteiger partial charge in [0.2, 0.25) is 5.91 Å². The van der Waals surface area contributed by atoms with Crippen molar-refractivity contribution in [1.29, 1.82) is 0 Å². The van der Waals surface area contributed by atoms with Crippen LogP contribution in [0.1, 0.15) is 32.0 Å². The van der Waals surface area contributed by atoms with E-state index in [-0.39, 0.29) is 11.3 Å². The van der Waals surface area contributed by atoms with Gasteiger partial charge in [-0.05, 0) is 35.2 Å². The first-order chi connectivity index (χ1) is 12.8. The standard InChI is InChI=1S/C22H25N3OS/c1-22(2,3)16-10-12-18(13-11-16)24-21-25(4)19(15-27-21)14-20(26)23-17-8-6-5-7-9-17/h5-13,15H,14H2,1-4H3,(H,23,26). The Morgan fingerprint density at radius 1 is 1.07 bits per heavy atom. The number of anilines is 1. The molecule has 1 N–H and O–H groups in total. The smallest absolute Gasteiger partial charge is 0.230 e. The topological polar surface area (TPSA) is 46.4 Å². The summed E-state index contributed by atoms with van der Waals surface area (Å²) in [6, 6.07) is 17.8. The van der Waals surface area contributed by atoms with Crippen molar-refractivity contribution in [3.05, 3.63) is 76.0 Å². The van der Waals surface area contributed by atoms with E-state index in [9.17, 15) is 4.79 Å². The molecule has 1 heterocycles. The lowest BCUT2D eigenvalue weighted by Crippen LogP contribution is -2.19. The van der Waals surface area contributed by atoms with E-state index in [1.54, 1.807) is 11.3 Å². The van der Waals surface area contributed by atoms with Crippen LogP contribution in [0.4, 0.5) is 11.4 Å². The minimum atomic E-state index is -0.0318. The zero-order chi connectivity index (χ0) is 19.4. The highest BCUT2D eigenvalue weighted by Crippen LogP contribution is 2.24. The molecule has 1 aromatic heterocycles. The molecule has 0 atom stereocenters. The second kappa shape index (κ2) is 7.92. The van der Waals surface area contributed by atoms with Gasteiger partial charge in [-0.3, -0.25) is 4.79 Å². The normalized spacial score (nSPS) is 12.2. The molecule has 4 nitrogen and oxygen atoms in total. The van der Waals surface area contributed by atoms with E-state index < -0.39 is 0 Å². The fourth-order valence-corrected chi connectivity index (χ4v) is 3.62. The number of aromatic nitrogens is 1. The van der Waals surface area contributed by atoms with E-state index in [4.69, 9.17) is 4.99 Å². The van der Waals surface area contributed by atoms with Crippen LogP contribution in [0.3, 0.4) is 0 Å². The minimum absolute atomic E-state index is 0.0318. The monoisotopic (exact) mass is 379 g/mol. The second-order valence-electron chi connectivity index (χ2n) is 7.57. The van der Waals surface area contributed by atoms with E-state index >= 15 is 0 Å². The number of benzene rings is 2. The molecular weight excluding hydrogens is 354 g/mol. The Hall–Kier alpha value is -2.66. The first kappa shape index (κ1) is 19.1. The number of nitrogens with one attached hydrogen (secondary N) is 1. The van der Waals surface area contributed by atoms with Crippen molar-refractivity contribution in [3.8, 4) is 0 Å². The van der Waals surface area contributed by atoms with Gasteiger partial charge in [-0.25, -0.2) is 4.99 Å². The number of hydrogen-bond acceptors (Lipinski definition) is 3. The molecule has 0 unspecified atom stereocenters. The third kappa shape index (κ3) is 4.95. The Kier molecular flexibility index (Phi) is 5.61. The van der Waals surface area contributed by atoms with Crippen molar-refractivity contribution < 1.29 is 4.79 Å². The molecule has 2 aromatic carbocycles. The first-order valence-corrected chi connectivity index (χ1v) is 9.84. The summed E-state index contributed by atoms with van der Waals surface area (Å²) in [7, 11) is 1.95. The van der Waals surface area contributed by atoms with E-state index in [2.05, 4.69) is 38.2 Å². The molecule has 5 heteroatoms. The molecule has 0 fully saturated rings. The van der Waals surface area contributed by atoms with Crippen LogP contribution >= 0.6 is 11.3 Å². The maximum atomic E-state index is 12.3. The lowest BCUT2D eigenvalue weighted by molar-refractivity contribution is -0.115. The average Bonchev–Trinajstić information content (AvgIpc) is 2.95. The number of nitrogens with zero attached hydrogens (tertiary/aromatic N) is 2. The van der Waals surface area contributed by atoms with E-state index in [0.29, 0.717) is 6.42 Å². The van der Waals surface area contributed by atoms with Crippen LogP contribution in [0, 0.1) is 0 Å². The molecule has 0 saturated heterocycles. The van der Waals surface area contributed by atoms with Crippen molar-refractivity contribution >= 4 is 28.6 Å². The quantitative estimate of drug-likeness (QED) is 0.695. The maximum absolute atomic E-state index is 12.3. The zero-order valence-corrected chi connectivity index (χ0v) is 17.0. The molecule has 0 radical (unpaired) electrons. The van der Waals surface area contributed by atoms with Crippen LogP contribution in [0.5, 0.6) is 0 Å². The van der Waals surface area contributed by atoms with Gasteiger partial charge in [-0.15, -0.1) is 11.3 Å². The Labute approximate surface area is 164 Å². The second-order valence-corrected chi connectivity index (χ2v) is 8.40. The van der Waals surface area contributed by atoms with Crippen LogP contribution < -0.4 is 10.1 Å².